The van der Waals surface area contributed by atoms with E-state index < -0.39 is 38.2 Å². The lowest BCUT2D eigenvalue weighted by molar-refractivity contribution is -0.132. The molecule has 0 bridgehead atoms. The Hall–Kier alpha value is -8.05. The molecule has 0 atom stereocenters. The summed E-state index contributed by atoms with van der Waals surface area (Å²) >= 11 is 0. The van der Waals surface area contributed by atoms with Crippen LogP contribution in [0.4, 0.5) is 0 Å². The van der Waals surface area contributed by atoms with Crippen LogP contribution in [-0.4, -0.2) is 115 Å². The summed E-state index contributed by atoms with van der Waals surface area (Å²) in [6, 6.07) is 22.1. The van der Waals surface area contributed by atoms with Gasteiger partial charge in [-0.15, -0.1) is 0 Å². The minimum absolute atomic E-state index is 0.103. The molecule has 3 aromatic heterocycles. The number of amides is 3. The Labute approximate surface area is 483 Å². The van der Waals surface area contributed by atoms with E-state index in [1.165, 1.54) is 46.6 Å². The third kappa shape index (κ3) is 11.8. The van der Waals surface area contributed by atoms with Gasteiger partial charge in [-0.1, -0.05) is 50.7 Å². The second-order valence-electron chi connectivity index (χ2n) is 22.0. The molecule has 2 aliphatic carbocycles. The summed E-state index contributed by atoms with van der Waals surface area (Å²) in [5.41, 5.74) is 11.2. The van der Waals surface area contributed by atoms with Gasteiger partial charge in [0.15, 0.2) is 0 Å². The molecule has 0 spiro atoms. The SMILES string of the molecule is COc1ccc2c(c1)C=C(C(=O)NCc1cn(C)cn1)Cn1c-2c(C2CCCCC2)c2ccc(C(=O)NS(=O)(=O)N(C)C)cc21.COc1ccc2c(c1)C=C(C(=O)O)Cn1c-2c(C2CCCCC2)c2ccc(C(=O)NS(=O)(=O)N(C)C)cc21. The molecule has 2 fully saturated rings. The van der Waals surface area contributed by atoms with Gasteiger partial charge in [0.1, 0.15) is 11.5 Å². The van der Waals surface area contributed by atoms with Crippen LogP contribution >= 0.6 is 0 Å². The number of aryl methyl sites for hydroxylation is 1. The number of ether oxygens (including phenoxy) is 2. The first-order valence-corrected chi connectivity index (χ1v) is 30.6. The highest BCUT2D eigenvalue weighted by Gasteiger charge is 2.34. The Morgan fingerprint density at radius 1 is 0.614 bits per heavy atom. The number of rotatable bonds is 14. The van der Waals surface area contributed by atoms with Crippen LogP contribution in [0, 0.1) is 0 Å². The first kappa shape index (κ1) is 58.2. The van der Waals surface area contributed by atoms with Crippen molar-refractivity contribution in [2.24, 2.45) is 7.05 Å². The number of carbonyl (C=O) groups is 4. The van der Waals surface area contributed by atoms with Gasteiger partial charge in [-0.05, 0) is 133 Å². The Balaban J connectivity index is 0.000000188. The maximum atomic E-state index is 13.8. The van der Waals surface area contributed by atoms with E-state index >= 15 is 0 Å². The molecule has 5 heterocycles. The van der Waals surface area contributed by atoms with Gasteiger partial charge in [0, 0.05) is 91.1 Å². The Kier molecular flexibility index (Phi) is 16.6. The normalized spacial score (nSPS) is 15.6. The van der Waals surface area contributed by atoms with Gasteiger partial charge in [-0.2, -0.15) is 25.4 Å². The molecular formula is C61H69N9O11S2. The third-order valence-electron chi connectivity index (χ3n) is 16.3. The summed E-state index contributed by atoms with van der Waals surface area (Å²) < 4.78 is 72.5. The van der Waals surface area contributed by atoms with Crippen LogP contribution in [0.25, 0.3) is 56.5 Å². The van der Waals surface area contributed by atoms with Crippen molar-refractivity contribution in [3.05, 3.63) is 136 Å². The Morgan fingerprint density at radius 2 is 1.06 bits per heavy atom. The van der Waals surface area contributed by atoms with E-state index in [1.807, 2.05) is 77.0 Å². The average molecular weight is 1170 g/mol. The number of nitrogens with zero attached hydrogens (tertiary/aromatic N) is 6. The minimum Gasteiger partial charge on any atom is -0.497 e. The van der Waals surface area contributed by atoms with Crippen molar-refractivity contribution < 1.29 is 50.6 Å². The van der Waals surface area contributed by atoms with E-state index in [1.54, 1.807) is 50.9 Å². The molecule has 7 aromatic rings. The first-order valence-electron chi connectivity index (χ1n) is 27.7. The van der Waals surface area contributed by atoms with Gasteiger partial charge in [0.25, 0.3) is 11.8 Å². The predicted molar refractivity (Wildman–Crippen MR) is 318 cm³/mol. The fourth-order valence-corrected chi connectivity index (χ4v) is 13.1. The van der Waals surface area contributed by atoms with E-state index in [0.29, 0.717) is 28.5 Å². The van der Waals surface area contributed by atoms with Crippen molar-refractivity contribution in [1.82, 2.24) is 42.1 Å². The van der Waals surface area contributed by atoms with Gasteiger partial charge in [-0.3, -0.25) is 14.4 Å². The smallest absolute Gasteiger partial charge is 0.333 e. The molecule has 20 nitrogen and oxygen atoms in total. The molecule has 11 rings (SSSR count). The molecule has 83 heavy (non-hydrogen) atoms. The van der Waals surface area contributed by atoms with Gasteiger partial charge in [-0.25, -0.2) is 19.2 Å². The number of fused-ring (bicyclic) bond motifs is 10. The molecule has 0 saturated heterocycles. The van der Waals surface area contributed by atoms with E-state index in [4.69, 9.17) is 9.47 Å². The fourth-order valence-electron chi connectivity index (χ4n) is 12.0. The zero-order valence-corrected chi connectivity index (χ0v) is 49.2. The molecule has 2 aliphatic heterocycles. The van der Waals surface area contributed by atoms with Crippen LogP contribution in [0.1, 0.15) is 125 Å². The number of hydrogen-bond donors (Lipinski definition) is 4. The molecule has 22 heteroatoms. The Morgan fingerprint density at radius 3 is 1.47 bits per heavy atom. The zero-order valence-electron chi connectivity index (χ0n) is 47.6. The van der Waals surface area contributed by atoms with Gasteiger partial charge < -0.3 is 33.6 Å². The second kappa shape index (κ2) is 23.7. The highest BCUT2D eigenvalue weighted by molar-refractivity contribution is 7.88. The molecule has 0 unspecified atom stereocenters. The molecule has 3 amide bonds. The van der Waals surface area contributed by atoms with Crippen molar-refractivity contribution in [1.29, 1.82) is 0 Å². The van der Waals surface area contributed by atoms with Crippen molar-refractivity contribution in [3.63, 3.8) is 0 Å². The average Bonchev–Trinajstić information content (AvgIpc) is 1.76. The van der Waals surface area contributed by atoms with Crippen molar-refractivity contribution >= 4 is 78.1 Å². The topological polar surface area (TPSA) is 245 Å². The number of hydrogen-bond acceptors (Lipinski definition) is 11. The van der Waals surface area contributed by atoms with Crippen LogP contribution in [0.5, 0.6) is 11.5 Å². The van der Waals surface area contributed by atoms with E-state index in [-0.39, 0.29) is 48.2 Å². The number of nitrogens with one attached hydrogen (secondary N) is 3. The van der Waals surface area contributed by atoms with Crippen LogP contribution in [0.3, 0.4) is 0 Å². The molecule has 0 radical (unpaired) electrons. The van der Waals surface area contributed by atoms with Crippen LogP contribution in [0.15, 0.2) is 96.5 Å². The van der Waals surface area contributed by atoms with E-state index in [0.717, 1.165) is 121 Å². The largest absolute Gasteiger partial charge is 0.497 e. The molecular weight excluding hydrogens is 1100 g/mol. The number of methoxy groups -OCH3 is 2. The number of benzene rings is 4. The summed E-state index contributed by atoms with van der Waals surface area (Å²) in [5, 5.41) is 15.0. The number of carboxylic acid groups (broad SMARTS) is 1. The summed E-state index contributed by atoms with van der Waals surface area (Å²) in [4.78, 5) is 56.5. The molecule has 4 aromatic carbocycles. The number of imidazole rings is 1. The Bertz CT molecular complexity index is 4030. The lowest BCUT2D eigenvalue weighted by Gasteiger charge is -2.24. The number of aromatic nitrogens is 4. The van der Waals surface area contributed by atoms with Crippen LogP contribution < -0.4 is 24.2 Å². The first-order chi connectivity index (χ1) is 39.7. The number of carbonyl (C=O) groups excluding carboxylic acids is 3. The number of carboxylic acids is 1. The summed E-state index contributed by atoms with van der Waals surface area (Å²) in [7, 11) is 2.53. The standard InChI is InChI=1S/C33H38N6O5S.C28H31N3O6S/c1-37(2)45(42,43)36-33(41)22-10-12-28-29(16-22)39-18-24(32(40)34-17-25-19-38(3)20-35-25)14-23-15-26(44-4)11-13-27(23)31(39)30(28)21-8-6-5-7-9-21;1-30(2)38(35,36)29-27(32)18-9-11-23-24(15-18)31-16-20(28(33)34)13-19-14-21(37-3)10-12-22(19)26(31)25(23)17-7-5-4-6-8-17/h10-16,19-21H,5-9,17-18H2,1-4H3,(H,34,40)(H,36,41);9-15,17H,4-8,16H2,1-3H3,(H,29,32)(H,33,34). The maximum Gasteiger partial charge on any atom is 0.333 e. The van der Waals surface area contributed by atoms with Gasteiger partial charge in [0.05, 0.1) is 62.8 Å². The summed E-state index contributed by atoms with van der Waals surface area (Å²) in [6.07, 6.45) is 18.2. The van der Waals surface area contributed by atoms with Crippen molar-refractivity contribution in [3.8, 4) is 34.0 Å². The van der Waals surface area contributed by atoms with Crippen LogP contribution in [0.2, 0.25) is 0 Å². The molecule has 436 valence electrons. The van der Waals surface area contributed by atoms with Gasteiger partial charge in [0.2, 0.25) is 5.91 Å². The zero-order chi connectivity index (χ0) is 59.1. The summed E-state index contributed by atoms with van der Waals surface area (Å²) in [5.74, 6) is -0.810. The lowest BCUT2D eigenvalue weighted by atomic mass is 9.81. The maximum absolute atomic E-state index is 13.8. The highest BCUT2D eigenvalue weighted by atomic mass is 32.2. The minimum atomic E-state index is -3.98. The highest BCUT2D eigenvalue weighted by Crippen LogP contribution is 2.49. The fraction of sp³-hybridized carbons (Fsp3) is 0.361. The van der Waals surface area contributed by atoms with Crippen molar-refractivity contribution in [2.45, 2.75) is 95.7 Å². The molecule has 4 aliphatic rings. The number of aliphatic carboxylic acids is 1. The summed E-state index contributed by atoms with van der Waals surface area (Å²) in [6.45, 7) is 0.635. The third-order valence-corrected chi connectivity index (χ3v) is 19.1. The van der Waals surface area contributed by atoms with E-state index in [2.05, 4.69) is 24.3 Å². The van der Waals surface area contributed by atoms with Gasteiger partial charge >= 0.3 is 26.4 Å². The monoisotopic (exact) mass is 1170 g/mol. The van der Waals surface area contributed by atoms with Crippen LogP contribution in [-0.2, 0) is 56.7 Å². The molecule has 4 N–H and O–H groups in total. The molecule has 2 saturated carbocycles. The van der Waals surface area contributed by atoms with E-state index in [9.17, 15) is 41.1 Å². The second-order valence-corrected chi connectivity index (χ2v) is 25.8. The lowest BCUT2D eigenvalue weighted by Crippen LogP contribution is -2.39. The van der Waals surface area contributed by atoms with Crippen molar-refractivity contribution in [2.75, 3.05) is 42.4 Å². The predicted octanol–water partition coefficient (Wildman–Crippen LogP) is 8.73. The quantitative estimate of drug-likeness (QED) is 0.0799.